The second-order valence-electron chi connectivity index (χ2n) is 4.62. The van der Waals surface area contributed by atoms with Crippen LogP contribution in [0.5, 0.6) is 0 Å². The van der Waals surface area contributed by atoms with Crippen molar-refractivity contribution in [3.63, 3.8) is 0 Å². The Labute approximate surface area is 143 Å². The van der Waals surface area contributed by atoms with Crippen LogP contribution in [0.2, 0.25) is 10.0 Å². The normalized spacial score (nSPS) is 11.0. The first-order chi connectivity index (χ1) is 11.0. The van der Waals surface area contributed by atoms with E-state index in [0.717, 1.165) is 5.56 Å². The molecular formula is C16H13Cl2N3O2. The highest BCUT2D eigenvalue weighted by atomic mass is 35.5. The van der Waals surface area contributed by atoms with Gasteiger partial charge in [-0.1, -0.05) is 53.5 Å². The first-order valence-electron chi connectivity index (χ1n) is 6.63. The molecule has 0 bridgehead atoms. The lowest BCUT2D eigenvalue weighted by molar-refractivity contribution is -0.136. The average Bonchev–Trinajstić information content (AvgIpc) is 2.52. The maximum Gasteiger partial charge on any atom is 0.329 e. The van der Waals surface area contributed by atoms with Crippen LogP contribution in [0.1, 0.15) is 12.5 Å². The summed E-state index contributed by atoms with van der Waals surface area (Å²) in [7, 11) is 0. The molecule has 118 valence electrons. The lowest BCUT2D eigenvalue weighted by Crippen LogP contribution is -2.32. The third-order valence-corrected chi connectivity index (χ3v) is 3.28. The van der Waals surface area contributed by atoms with Crippen LogP contribution in [0.3, 0.4) is 0 Å². The van der Waals surface area contributed by atoms with E-state index in [1.54, 1.807) is 6.92 Å². The van der Waals surface area contributed by atoms with Crippen molar-refractivity contribution in [2.24, 2.45) is 5.10 Å². The molecular weight excluding hydrogens is 337 g/mol. The number of rotatable bonds is 3. The zero-order valence-electron chi connectivity index (χ0n) is 12.1. The molecule has 7 heteroatoms. The Bertz CT molecular complexity index is 741. The second-order valence-corrected chi connectivity index (χ2v) is 5.49. The highest BCUT2D eigenvalue weighted by Crippen LogP contribution is 2.22. The van der Waals surface area contributed by atoms with E-state index in [-0.39, 0.29) is 0 Å². The number of halogens is 2. The van der Waals surface area contributed by atoms with Crippen LogP contribution < -0.4 is 10.7 Å². The first kappa shape index (κ1) is 17.0. The molecule has 0 saturated carbocycles. The van der Waals surface area contributed by atoms with Gasteiger partial charge in [0.25, 0.3) is 0 Å². The van der Waals surface area contributed by atoms with Crippen molar-refractivity contribution in [1.29, 1.82) is 0 Å². The average molecular weight is 350 g/mol. The maximum absolute atomic E-state index is 11.8. The molecule has 0 heterocycles. The summed E-state index contributed by atoms with van der Waals surface area (Å²) >= 11 is 11.7. The van der Waals surface area contributed by atoms with Gasteiger partial charge in [0.1, 0.15) is 0 Å². The predicted molar refractivity (Wildman–Crippen MR) is 91.9 cm³/mol. The molecule has 2 aromatic carbocycles. The van der Waals surface area contributed by atoms with Crippen LogP contribution in [0.25, 0.3) is 0 Å². The minimum atomic E-state index is -0.892. The summed E-state index contributed by atoms with van der Waals surface area (Å²) in [4.78, 5) is 23.6. The molecule has 0 saturated heterocycles. The van der Waals surface area contributed by atoms with Crippen LogP contribution in [0.15, 0.2) is 53.6 Å². The van der Waals surface area contributed by atoms with Gasteiger partial charge in [-0.05, 0) is 30.7 Å². The van der Waals surface area contributed by atoms with E-state index < -0.39 is 11.8 Å². The fraction of sp³-hybridized carbons (Fsp3) is 0.0625. The third-order valence-electron chi connectivity index (χ3n) is 2.84. The van der Waals surface area contributed by atoms with Crippen molar-refractivity contribution < 1.29 is 9.59 Å². The zero-order valence-corrected chi connectivity index (χ0v) is 13.7. The fourth-order valence-corrected chi connectivity index (χ4v) is 2.27. The SMILES string of the molecule is C/C(=N\NC(=O)C(=O)Nc1cc(Cl)cc(Cl)c1)c1ccccc1. The van der Waals surface area contributed by atoms with Crippen molar-refractivity contribution in [3.05, 3.63) is 64.1 Å². The van der Waals surface area contributed by atoms with E-state index in [9.17, 15) is 9.59 Å². The summed E-state index contributed by atoms with van der Waals surface area (Å²) < 4.78 is 0. The number of hydrogen-bond donors (Lipinski definition) is 2. The molecule has 23 heavy (non-hydrogen) atoms. The van der Waals surface area contributed by atoms with Crippen molar-refractivity contribution in [2.45, 2.75) is 6.92 Å². The zero-order chi connectivity index (χ0) is 16.8. The van der Waals surface area contributed by atoms with E-state index in [1.165, 1.54) is 18.2 Å². The second kappa shape index (κ2) is 7.76. The van der Waals surface area contributed by atoms with Crippen LogP contribution in [0.4, 0.5) is 5.69 Å². The third kappa shape index (κ3) is 5.09. The summed E-state index contributed by atoms with van der Waals surface area (Å²) in [5.41, 5.74) is 3.95. The van der Waals surface area contributed by atoms with Gasteiger partial charge in [0.15, 0.2) is 0 Å². The smallest absolute Gasteiger partial charge is 0.318 e. The van der Waals surface area contributed by atoms with Gasteiger partial charge in [-0.2, -0.15) is 5.10 Å². The van der Waals surface area contributed by atoms with Crippen molar-refractivity contribution in [1.82, 2.24) is 5.43 Å². The minimum absolute atomic E-state index is 0.325. The molecule has 5 nitrogen and oxygen atoms in total. The van der Waals surface area contributed by atoms with E-state index in [2.05, 4.69) is 15.8 Å². The summed E-state index contributed by atoms with van der Waals surface area (Å²) in [5, 5.41) is 7.00. The summed E-state index contributed by atoms with van der Waals surface area (Å²) in [6.07, 6.45) is 0. The van der Waals surface area contributed by atoms with E-state index in [4.69, 9.17) is 23.2 Å². The lowest BCUT2D eigenvalue weighted by atomic mass is 10.1. The number of hydrazone groups is 1. The molecule has 0 atom stereocenters. The quantitative estimate of drug-likeness (QED) is 0.506. The van der Waals surface area contributed by atoms with E-state index in [1.807, 2.05) is 30.3 Å². The van der Waals surface area contributed by atoms with Gasteiger partial charge >= 0.3 is 11.8 Å². The summed E-state index contributed by atoms with van der Waals surface area (Å²) in [5.74, 6) is -1.76. The molecule has 2 aromatic rings. The highest BCUT2D eigenvalue weighted by Gasteiger charge is 2.14. The monoisotopic (exact) mass is 349 g/mol. The minimum Gasteiger partial charge on any atom is -0.318 e. The molecule has 2 amide bonds. The highest BCUT2D eigenvalue weighted by molar-refractivity contribution is 6.40. The molecule has 0 fully saturated rings. The molecule has 0 aromatic heterocycles. The number of carbonyl (C=O) groups excluding carboxylic acids is 2. The van der Waals surface area contributed by atoms with Gasteiger partial charge in [-0.25, -0.2) is 5.43 Å². The topological polar surface area (TPSA) is 70.6 Å². The molecule has 0 unspecified atom stereocenters. The van der Waals surface area contributed by atoms with Crippen LogP contribution in [0, 0.1) is 0 Å². The number of nitrogens with zero attached hydrogens (tertiary/aromatic N) is 1. The van der Waals surface area contributed by atoms with Gasteiger partial charge < -0.3 is 5.32 Å². The number of carbonyl (C=O) groups is 2. The van der Waals surface area contributed by atoms with Gasteiger partial charge in [0.05, 0.1) is 5.71 Å². The number of anilines is 1. The number of benzene rings is 2. The van der Waals surface area contributed by atoms with Crippen LogP contribution in [-0.2, 0) is 9.59 Å². The molecule has 0 radical (unpaired) electrons. The van der Waals surface area contributed by atoms with Gasteiger partial charge in [0, 0.05) is 15.7 Å². The molecule has 2 rings (SSSR count). The molecule has 0 aliphatic carbocycles. The van der Waals surface area contributed by atoms with Crippen molar-refractivity contribution >= 4 is 46.4 Å². The number of nitrogens with one attached hydrogen (secondary N) is 2. The Hall–Kier alpha value is -2.37. The molecule has 2 N–H and O–H groups in total. The summed E-state index contributed by atoms with van der Waals surface area (Å²) in [6, 6.07) is 13.8. The fourth-order valence-electron chi connectivity index (χ4n) is 1.74. The van der Waals surface area contributed by atoms with Crippen molar-refractivity contribution in [3.8, 4) is 0 Å². The molecule has 0 spiro atoms. The maximum atomic E-state index is 11.8. The van der Waals surface area contributed by atoms with Gasteiger partial charge in [-0.15, -0.1) is 0 Å². The Morgan fingerprint density at radius 3 is 2.17 bits per heavy atom. The predicted octanol–water partition coefficient (Wildman–Crippen LogP) is 3.47. The van der Waals surface area contributed by atoms with Gasteiger partial charge in [-0.3, -0.25) is 9.59 Å². The Morgan fingerprint density at radius 1 is 0.957 bits per heavy atom. The Balaban J connectivity index is 1.99. The summed E-state index contributed by atoms with van der Waals surface area (Å²) in [6.45, 7) is 1.73. The first-order valence-corrected chi connectivity index (χ1v) is 7.38. The number of amides is 2. The van der Waals surface area contributed by atoms with Crippen LogP contribution >= 0.6 is 23.2 Å². The van der Waals surface area contributed by atoms with E-state index in [0.29, 0.717) is 21.4 Å². The Morgan fingerprint density at radius 2 is 1.57 bits per heavy atom. The largest absolute Gasteiger partial charge is 0.329 e. The van der Waals surface area contributed by atoms with Crippen molar-refractivity contribution in [2.75, 3.05) is 5.32 Å². The number of hydrogen-bond acceptors (Lipinski definition) is 3. The molecule has 0 aliphatic heterocycles. The van der Waals surface area contributed by atoms with Crippen LogP contribution in [-0.4, -0.2) is 17.5 Å². The van der Waals surface area contributed by atoms with E-state index >= 15 is 0 Å². The standard InChI is InChI=1S/C16H13Cl2N3O2/c1-10(11-5-3-2-4-6-11)20-21-16(23)15(22)19-14-8-12(17)7-13(18)9-14/h2-9H,1H3,(H,19,22)(H,21,23)/b20-10+. The lowest BCUT2D eigenvalue weighted by Gasteiger charge is -2.06. The molecule has 0 aliphatic rings. The Kier molecular flexibility index (Phi) is 5.73. The van der Waals surface area contributed by atoms with Gasteiger partial charge in [0.2, 0.25) is 0 Å².